The first kappa shape index (κ1) is 13.6. The number of nitrogens with zero attached hydrogens (tertiary/aromatic N) is 1. The number of thiophene rings is 1. The van der Waals surface area contributed by atoms with Crippen LogP contribution >= 0.6 is 11.3 Å². The molecule has 92 valence electrons. The maximum atomic E-state index is 6.05. The van der Waals surface area contributed by atoms with Crippen LogP contribution in [0.3, 0.4) is 0 Å². The average Bonchev–Trinajstić information content (AvgIpc) is 2.78. The van der Waals surface area contributed by atoms with E-state index < -0.39 is 0 Å². The zero-order valence-corrected chi connectivity index (χ0v) is 11.0. The zero-order chi connectivity index (χ0) is 11.8. The fraction of sp³-hybridized carbons (Fsp3) is 0.667. The smallest absolute Gasteiger partial charge is 0.0477 e. The molecule has 0 amide bonds. The van der Waals surface area contributed by atoms with Crippen LogP contribution in [0.5, 0.6) is 0 Å². The number of ether oxygens (including phenoxy) is 1. The third-order valence-corrected chi connectivity index (χ3v) is 3.45. The molecule has 0 bridgehead atoms. The van der Waals surface area contributed by atoms with Crippen molar-refractivity contribution in [3.8, 4) is 0 Å². The Morgan fingerprint density at radius 2 is 2.38 bits per heavy atom. The van der Waals surface area contributed by atoms with Gasteiger partial charge in [-0.25, -0.2) is 0 Å². The summed E-state index contributed by atoms with van der Waals surface area (Å²) in [7, 11) is 1.72. The van der Waals surface area contributed by atoms with Crippen LogP contribution < -0.4 is 5.73 Å². The number of rotatable bonds is 8. The van der Waals surface area contributed by atoms with Gasteiger partial charge in [-0.3, -0.25) is 4.90 Å². The highest BCUT2D eigenvalue weighted by Crippen LogP contribution is 2.11. The molecular formula is C12H22N2OS. The standard InChI is InChI=1S/C12H22N2OS/c1-3-14(9-11(13)6-7-15-2)10-12-5-4-8-16-12/h4-5,8,11H,3,6-7,9-10,13H2,1-2H3. The minimum absolute atomic E-state index is 0.208. The van der Waals surface area contributed by atoms with Crippen molar-refractivity contribution in [3.63, 3.8) is 0 Å². The van der Waals surface area contributed by atoms with Crippen LogP contribution in [0, 0.1) is 0 Å². The summed E-state index contributed by atoms with van der Waals surface area (Å²) in [6.07, 6.45) is 0.928. The van der Waals surface area contributed by atoms with Gasteiger partial charge < -0.3 is 10.5 Å². The number of likely N-dealkylation sites (N-methyl/N-ethyl adjacent to an activating group) is 1. The van der Waals surface area contributed by atoms with Gasteiger partial charge in [0.15, 0.2) is 0 Å². The molecule has 0 saturated carbocycles. The van der Waals surface area contributed by atoms with Crippen LogP contribution in [-0.2, 0) is 11.3 Å². The van der Waals surface area contributed by atoms with Gasteiger partial charge in [0.05, 0.1) is 0 Å². The van der Waals surface area contributed by atoms with Crippen LogP contribution in [-0.4, -0.2) is 37.7 Å². The molecule has 1 atom stereocenters. The average molecular weight is 242 g/mol. The third-order valence-electron chi connectivity index (χ3n) is 2.59. The molecule has 4 heteroatoms. The van der Waals surface area contributed by atoms with Crippen molar-refractivity contribution in [2.45, 2.75) is 25.9 Å². The molecule has 16 heavy (non-hydrogen) atoms. The summed E-state index contributed by atoms with van der Waals surface area (Å²) in [5.41, 5.74) is 6.05. The van der Waals surface area contributed by atoms with Crippen LogP contribution in [0.1, 0.15) is 18.2 Å². The second kappa shape index (κ2) is 7.79. The van der Waals surface area contributed by atoms with Crippen molar-refractivity contribution < 1.29 is 4.74 Å². The molecule has 1 unspecified atom stereocenters. The van der Waals surface area contributed by atoms with Crippen molar-refractivity contribution in [2.24, 2.45) is 5.73 Å². The predicted molar refractivity (Wildman–Crippen MR) is 69.7 cm³/mol. The van der Waals surface area contributed by atoms with E-state index in [4.69, 9.17) is 10.5 Å². The van der Waals surface area contributed by atoms with E-state index in [-0.39, 0.29) is 6.04 Å². The molecule has 1 heterocycles. The summed E-state index contributed by atoms with van der Waals surface area (Å²) in [4.78, 5) is 3.78. The van der Waals surface area contributed by atoms with Gasteiger partial charge in [-0.05, 0) is 24.4 Å². The van der Waals surface area contributed by atoms with E-state index in [2.05, 4.69) is 29.3 Å². The van der Waals surface area contributed by atoms with Gasteiger partial charge in [0.25, 0.3) is 0 Å². The van der Waals surface area contributed by atoms with Gasteiger partial charge in [0.1, 0.15) is 0 Å². The number of methoxy groups -OCH3 is 1. The lowest BCUT2D eigenvalue weighted by molar-refractivity contribution is 0.175. The number of hydrogen-bond acceptors (Lipinski definition) is 4. The Balaban J connectivity index is 2.31. The molecule has 1 rings (SSSR count). The summed E-state index contributed by atoms with van der Waals surface area (Å²) in [5.74, 6) is 0. The fourth-order valence-electron chi connectivity index (χ4n) is 1.62. The van der Waals surface area contributed by atoms with Gasteiger partial charge in [-0.1, -0.05) is 13.0 Å². The molecule has 1 aromatic heterocycles. The van der Waals surface area contributed by atoms with E-state index in [1.165, 1.54) is 4.88 Å². The van der Waals surface area contributed by atoms with Crippen LogP contribution in [0.15, 0.2) is 17.5 Å². The zero-order valence-electron chi connectivity index (χ0n) is 10.2. The predicted octanol–water partition coefficient (Wildman–Crippen LogP) is 1.93. The van der Waals surface area contributed by atoms with Crippen molar-refractivity contribution in [3.05, 3.63) is 22.4 Å². The Labute approximate surface area is 102 Å². The molecule has 2 N–H and O–H groups in total. The quantitative estimate of drug-likeness (QED) is 0.757. The van der Waals surface area contributed by atoms with Crippen molar-refractivity contribution in [1.82, 2.24) is 4.90 Å². The van der Waals surface area contributed by atoms with Gasteiger partial charge >= 0.3 is 0 Å². The Kier molecular flexibility index (Phi) is 6.64. The minimum Gasteiger partial charge on any atom is -0.385 e. The van der Waals surface area contributed by atoms with Crippen LogP contribution in [0.25, 0.3) is 0 Å². The fourth-order valence-corrected chi connectivity index (χ4v) is 2.37. The first-order valence-corrected chi connectivity index (χ1v) is 6.63. The van der Waals surface area contributed by atoms with Crippen molar-refractivity contribution >= 4 is 11.3 Å². The Bertz CT molecular complexity index is 264. The summed E-state index contributed by atoms with van der Waals surface area (Å²) < 4.78 is 5.04. The summed E-state index contributed by atoms with van der Waals surface area (Å²) >= 11 is 1.80. The summed E-state index contributed by atoms with van der Waals surface area (Å²) in [6, 6.07) is 4.48. The SMILES string of the molecule is CCN(Cc1cccs1)CC(N)CCOC. The topological polar surface area (TPSA) is 38.5 Å². The largest absolute Gasteiger partial charge is 0.385 e. The van der Waals surface area contributed by atoms with E-state index in [1.54, 1.807) is 18.4 Å². The second-order valence-electron chi connectivity index (χ2n) is 3.95. The minimum atomic E-state index is 0.208. The first-order chi connectivity index (χ1) is 7.76. The maximum absolute atomic E-state index is 6.05. The molecule has 0 aliphatic rings. The lowest BCUT2D eigenvalue weighted by Crippen LogP contribution is -2.37. The second-order valence-corrected chi connectivity index (χ2v) is 4.98. The molecule has 0 aromatic carbocycles. The molecule has 1 aromatic rings. The third kappa shape index (κ3) is 5.07. The summed E-state index contributed by atoms with van der Waals surface area (Å²) in [5, 5.41) is 2.12. The van der Waals surface area contributed by atoms with Crippen molar-refractivity contribution in [2.75, 3.05) is 26.8 Å². The molecule has 0 saturated heterocycles. The highest BCUT2D eigenvalue weighted by atomic mass is 32.1. The van der Waals surface area contributed by atoms with Crippen LogP contribution in [0.4, 0.5) is 0 Å². The van der Waals surface area contributed by atoms with E-state index in [9.17, 15) is 0 Å². The Morgan fingerprint density at radius 3 is 2.94 bits per heavy atom. The highest BCUT2D eigenvalue weighted by molar-refractivity contribution is 7.09. The van der Waals surface area contributed by atoms with E-state index in [0.29, 0.717) is 0 Å². The van der Waals surface area contributed by atoms with Gasteiger partial charge in [-0.2, -0.15) is 0 Å². The van der Waals surface area contributed by atoms with Crippen LogP contribution in [0.2, 0.25) is 0 Å². The Hall–Kier alpha value is -0.420. The molecule has 0 aliphatic heterocycles. The lowest BCUT2D eigenvalue weighted by atomic mass is 10.2. The molecule has 0 aliphatic carbocycles. The van der Waals surface area contributed by atoms with Gasteiger partial charge in [-0.15, -0.1) is 11.3 Å². The van der Waals surface area contributed by atoms with Gasteiger partial charge in [0.2, 0.25) is 0 Å². The maximum Gasteiger partial charge on any atom is 0.0477 e. The normalized spacial score (nSPS) is 13.2. The Morgan fingerprint density at radius 1 is 1.56 bits per heavy atom. The van der Waals surface area contributed by atoms with Gasteiger partial charge in [0, 0.05) is 37.7 Å². The van der Waals surface area contributed by atoms with E-state index in [0.717, 1.165) is 32.7 Å². The number of hydrogen-bond donors (Lipinski definition) is 1. The molecule has 0 fully saturated rings. The molecule has 3 nitrogen and oxygen atoms in total. The molecule has 0 radical (unpaired) electrons. The van der Waals surface area contributed by atoms with E-state index >= 15 is 0 Å². The highest BCUT2D eigenvalue weighted by Gasteiger charge is 2.09. The lowest BCUT2D eigenvalue weighted by Gasteiger charge is -2.23. The first-order valence-electron chi connectivity index (χ1n) is 5.75. The molecule has 0 spiro atoms. The van der Waals surface area contributed by atoms with Crippen molar-refractivity contribution in [1.29, 1.82) is 0 Å². The van der Waals surface area contributed by atoms with E-state index in [1.807, 2.05) is 0 Å². The molecular weight excluding hydrogens is 220 g/mol. The monoisotopic (exact) mass is 242 g/mol. The number of nitrogens with two attached hydrogens (primary N) is 1. The summed E-state index contributed by atoms with van der Waals surface area (Å²) in [6.45, 7) is 5.92.